The van der Waals surface area contributed by atoms with Gasteiger partial charge < -0.3 is 10.2 Å². The predicted octanol–water partition coefficient (Wildman–Crippen LogP) is 4.49. The van der Waals surface area contributed by atoms with Crippen LogP contribution in [0.4, 0.5) is 10.1 Å². The van der Waals surface area contributed by atoms with Crippen LogP contribution in [0.15, 0.2) is 71.6 Å². The second kappa shape index (κ2) is 10.1. The lowest BCUT2D eigenvalue weighted by Crippen LogP contribution is -2.39. The van der Waals surface area contributed by atoms with E-state index in [1.165, 1.54) is 45.6 Å². The molecule has 1 N–H and O–H groups in total. The van der Waals surface area contributed by atoms with Gasteiger partial charge in [0.25, 0.3) is 5.91 Å². The molecule has 3 aromatic carbocycles. The summed E-state index contributed by atoms with van der Waals surface area (Å²) in [4.78, 5) is 28.2. The highest BCUT2D eigenvalue weighted by molar-refractivity contribution is 7.89. The number of halogens is 1. The van der Waals surface area contributed by atoms with E-state index in [1.54, 1.807) is 18.2 Å². The van der Waals surface area contributed by atoms with E-state index < -0.39 is 27.8 Å². The number of amides is 2. The molecule has 5 rings (SSSR count). The normalized spacial score (nSPS) is 18.6. The summed E-state index contributed by atoms with van der Waals surface area (Å²) in [5.41, 5.74) is 3.16. The van der Waals surface area contributed by atoms with E-state index in [0.717, 1.165) is 30.4 Å². The van der Waals surface area contributed by atoms with Crippen molar-refractivity contribution >= 4 is 27.5 Å². The molecule has 0 radical (unpaired) electrons. The summed E-state index contributed by atoms with van der Waals surface area (Å²) < 4.78 is 41.3. The number of fused-ring (bicyclic) bond motifs is 1. The monoisotopic (exact) mass is 521 g/mol. The van der Waals surface area contributed by atoms with Crippen LogP contribution in [0.1, 0.15) is 52.4 Å². The molecule has 0 aliphatic carbocycles. The summed E-state index contributed by atoms with van der Waals surface area (Å²) >= 11 is 0. The second-order valence-corrected chi connectivity index (χ2v) is 11.5. The third kappa shape index (κ3) is 5.01. The van der Waals surface area contributed by atoms with Gasteiger partial charge in [-0.3, -0.25) is 9.59 Å². The number of hydrogen-bond acceptors (Lipinski definition) is 4. The van der Waals surface area contributed by atoms with Gasteiger partial charge in [0.15, 0.2) is 0 Å². The Morgan fingerprint density at radius 3 is 2.30 bits per heavy atom. The van der Waals surface area contributed by atoms with E-state index in [-0.39, 0.29) is 22.9 Å². The average molecular weight is 522 g/mol. The molecule has 2 aliphatic rings. The molecule has 2 aliphatic heterocycles. The molecule has 37 heavy (non-hydrogen) atoms. The SMILES string of the molecule is Cc1ccc2c(c1)[C@H](c1ccc(F)cc1)N(C(=O)c1ccc(S(=O)(=O)N3CCCCC3)cc1)CC(=O)N2. The van der Waals surface area contributed by atoms with Gasteiger partial charge >= 0.3 is 0 Å². The molecule has 7 nitrogen and oxygen atoms in total. The Bertz CT molecular complexity index is 1430. The summed E-state index contributed by atoms with van der Waals surface area (Å²) in [5.74, 6) is -1.19. The number of carbonyl (C=O) groups is 2. The van der Waals surface area contributed by atoms with Crippen molar-refractivity contribution in [1.29, 1.82) is 0 Å². The number of aryl methyl sites for hydroxylation is 1. The topological polar surface area (TPSA) is 86.8 Å². The maximum atomic E-state index is 13.8. The first-order chi connectivity index (χ1) is 17.7. The van der Waals surface area contributed by atoms with Crippen LogP contribution in [0.25, 0.3) is 0 Å². The van der Waals surface area contributed by atoms with Crippen molar-refractivity contribution in [2.24, 2.45) is 0 Å². The largest absolute Gasteiger partial charge is 0.324 e. The van der Waals surface area contributed by atoms with E-state index in [9.17, 15) is 22.4 Å². The van der Waals surface area contributed by atoms with E-state index in [4.69, 9.17) is 0 Å². The maximum absolute atomic E-state index is 13.8. The molecular formula is C28H28FN3O4S. The van der Waals surface area contributed by atoms with Crippen molar-refractivity contribution in [2.45, 2.75) is 37.1 Å². The number of piperidine rings is 1. The Morgan fingerprint density at radius 1 is 0.946 bits per heavy atom. The van der Waals surface area contributed by atoms with Gasteiger partial charge in [0.05, 0.1) is 10.9 Å². The summed E-state index contributed by atoms with van der Waals surface area (Å²) in [6.45, 7) is 2.68. The van der Waals surface area contributed by atoms with Crippen LogP contribution in [0.2, 0.25) is 0 Å². The number of hydrogen-bond donors (Lipinski definition) is 1. The Kier molecular flexibility index (Phi) is 6.83. The van der Waals surface area contributed by atoms with E-state index in [1.807, 2.05) is 19.1 Å². The molecule has 0 unspecified atom stereocenters. The second-order valence-electron chi connectivity index (χ2n) is 9.52. The highest BCUT2D eigenvalue weighted by atomic mass is 32.2. The quantitative estimate of drug-likeness (QED) is 0.548. The van der Waals surface area contributed by atoms with Crippen molar-refractivity contribution in [3.63, 3.8) is 0 Å². The summed E-state index contributed by atoms with van der Waals surface area (Å²) in [6.07, 6.45) is 2.68. The minimum absolute atomic E-state index is 0.135. The molecule has 2 amide bonds. The van der Waals surface area contributed by atoms with Crippen molar-refractivity contribution in [3.05, 3.63) is 94.8 Å². The van der Waals surface area contributed by atoms with Gasteiger partial charge in [-0.25, -0.2) is 12.8 Å². The standard InChI is InChI=1S/C28H28FN3O4S/c1-19-5-14-25-24(17-19)27(20-6-10-22(29)11-7-20)32(18-26(33)30-25)28(34)21-8-12-23(13-9-21)37(35,36)31-15-3-2-4-16-31/h5-14,17,27H,2-4,15-16,18H2,1H3,(H,30,33)/t27-/m0/s1. The summed E-state index contributed by atoms with van der Waals surface area (Å²) in [5, 5.41) is 2.87. The van der Waals surface area contributed by atoms with Crippen molar-refractivity contribution in [2.75, 3.05) is 25.0 Å². The zero-order valence-electron chi connectivity index (χ0n) is 20.5. The average Bonchev–Trinajstić information content (AvgIpc) is 3.05. The Balaban J connectivity index is 1.53. The molecule has 0 bridgehead atoms. The van der Waals surface area contributed by atoms with Crippen LogP contribution in [0.5, 0.6) is 0 Å². The van der Waals surface area contributed by atoms with Crippen LogP contribution >= 0.6 is 0 Å². The number of carbonyl (C=O) groups excluding carboxylic acids is 2. The van der Waals surface area contributed by atoms with Crippen LogP contribution in [0.3, 0.4) is 0 Å². The van der Waals surface area contributed by atoms with E-state index in [0.29, 0.717) is 24.3 Å². The van der Waals surface area contributed by atoms with Crippen LogP contribution in [-0.4, -0.2) is 49.1 Å². The van der Waals surface area contributed by atoms with Crippen molar-refractivity contribution < 1.29 is 22.4 Å². The molecule has 1 fully saturated rings. The molecule has 0 spiro atoms. The van der Waals surface area contributed by atoms with Gasteiger partial charge in [0.1, 0.15) is 12.4 Å². The molecule has 0 saturated carbocycles. The van der Waals surface area contributed by atoms with Gasteiger partial charge in [-0.2, -0.15) is 4.31 Å². The fraction of sp³-hybridized carbons (Fsp3) is 0.286. The van der Waals surface area contributed by atoms with Crippen LogP contribution in [0, 0.1) is 12.7 Å². The smallest absolute Gasteiger partial charge is 0.255 e. The Labute approximate surface area is 216 Å². The lowest BCUT2D eigenvalue weighted by molar-refractivity contribution is -0.117. The predicted molar refractivity (Wildman–Crippen MR) is 138 cm³/mol. The number of sulfonamides is 1. The third-order valence-electron chi connectivity index (χ3n) is 6.90. The molecular weight excluding hydrogens is 493 g/mol. The number of anilines is 1. The molecule has 3 aromatic rings. The minimum atomic E-state index is -3.64. The van der Waals surface area contributed by atoms with E-state index in [2.05, 4.69) is 5.32 Å². The first-order valence-electron chi connectivity index (χ1n) is 12.3. The molecule has 192 valence electrons. The lowest BCUT2D eigenvalue weighted by atomic mass is 9.94. The summed E-state index contributed by atoms with van der Waals surface area (Å²) in [7, 11) is -3.64. The molecule has 1 saturated heterocycles. The van der Waals surface area contributed by atoms with E-state index >= 15 is 0 Å². The lowest BCUT2D eigenvalue weighted by Gasteiger charge is -2.31. The first-order valence-corrected chi connectivity index (χ1v) is 13.7. The number of nitrogens with zero attached hydrogens (tertiary/aromatic N) is 2. The first kappa shape index (κ1) is 25.1. The molecule has 0 aromatic heterocycles. The fourth-order valence-corrected chi connectivity index (χ4v) is 6.53. The highest BCUT2D eigenvalue weighted by Crippen LogP contribution is 2.37. The van der Waals surface area contributed by atoms with Crippen molar-refractivity contribution in [1.82, 2.24) is 9.21 Å². The van der Waals surface area contributed by atoms with Crippen molar-refractivity contribution in [3.8, 4) is 0 Å². The zero-order chi connectivity index (χ0) is 26.2. The minimum Gasteiger partial charge on any atom is -0.324 e. The fourth-order valence-electron chi connectivity index (χ4n) is 5.01. The molecule has 1 atom stereocenters. The maximum Gasteiger partial charge on any atom is 0.255 e. The van der Waals surface area contributed by atoms with Gasteiger partial charge in [-0.15, -0.1) is 0 Å². The van der Waals surface area contributed by atoms with Gasteiger partial charge in [-0.05, 0) is 67.8 Å². The van der Waals surface area contributed by atoms with Crippen LogP contribution in [-0.2, 0) is 14.8 Å². The highest BCUT2D eigenvalue weighted by Gasteiger charge is 2.34. The Morgan fingerprint density at radius 2 is 1.62 bits per heavy atom. The zero-order valence-corrected chi connectivity index (χ0v) is 21.3. The molecule has 9 heteroatoms. The number of nitrogens with one attached hydrogen (secondary N) is 1. The Hall–Kier alpha value is -3.56. The van der Waals surface area contributed by atoms with Gasteiger partial charge in [-0.1, -0.05) is 36.2 Å². The third-order valence-corrected chi connectivity index (χ3v) is 8.81. The number of benzene rings is 3. The van der Waals surface area contributed by atoms with Gasteiger partial charge in [0, 0.05) is 29.9 Å². The van der Waals surface area contributed by atoms with Crippen LogP contribution < -0.4 is 5.32 Å². The number of rotatable bonds is 4. The summed E-state index contributed by atoms with van der Waals surface area (Å²) in [6, 6.07) is 16.7. The molecule has 2 heterocycles. The van der Waals surface area contributed by atoms with Gasteiger partial charge in [0.2, 0.25) is 15.9 Å².